The second-order valence-corrected chi connectivity index (χ2v) is 3.50. The molecule has 0 saturated carbocycles. The van der Waals surface area contributed by atoms with Crippen molar-refractivity contribution < 1.29 is 14.3 Å². The smallest absolute Gasteiger partial charge is 0.357 e. The molecule has 0 aromatic carbocycles. The van der Waals surface area contributed by atoms with Crippen LogP contribution in [-0.4, -0.2) is 21.0 Å². The van der Waals surface area contributed by atoms with Gasteiger partial charge in [0, 0.05) is 18.9 Å². The third-order valence-electron chi connectivity index (χ3n) is 2.29. The Morgan fingerprint density at radius 2 is 2.41 bits per heavy atom. The molecule has 6 heteroatoms. The van der Waals surface area contributed by atoms with Crippen LogP contribution in [0.5, 0.6) is 0 Å². The fraction of sp³-hybridized carbons (Fsp3) is 0.182. The van der Waals surface area contributed by atoms with E-state index in [0.717, 1.165) is 17.4 Å². The number of aryl methyl sites for hydroxylation is 1. The van der Waals surface area contributed by atoms with Crippen molar-refractivity contribution in [2.24, 2.45) is 0 Å². The lowest BCUT2D eigenvalue weighted by atomic mass is 10.2. The molecule has 2 aromatic heterocycles. The number of pyridine rings is 1. The highest BCUT2D eigenvalue weighted by Crippen LogP contribution is 2.11. The lowest BCUT2D eigenvalue weighted by Crippen LogP contribution is -2.03. The fourth-order valence-electron chi connectivity index (χ4n) is 1.32. The molecule has 0 radical (unpaired) electrons. The third-order valence-corrected chi connectivity index (χ3v) is 2.29. The fourth-order valence-corrected chi connectivity index (χ4v) is 1.32. The number of hydrogen-bond donors (Lipinski definition) is 2. The van der Waals surface area contributed by atoms with E-state index in [1.165, 1.54) is 0 Å². The maximum absolute atomic E-state index is 10.6. The van der Waals surface area contributed by atoms with E-state index in [-0.39, 0.29) is 11.7 Å². The quantitative estimate of drug-likeness (QED) is 0.835. The van der Waals surface area contributed by atoms with Crippen molar-refractivity contribution in [3.63, 3.8) is 0 Å². The molecule has 2 rings (SSSR count). The van der Waals surface area contributed by atoms with Gasteiger partial charge in [-0.15, -0.1) is 0 Å². The average molecular weight is 233 g/mol. The number of rotatable bonds is 4. The monoisotopic (exact) mass is 233 g/mol. The van der Waals surface area contributed by atoms with Crippen LogP contribution in [0, 0.1) is 6.92 Å². The van der Waals surface area contributed by atoms with Crippen LogP contribution in [0.15, 0.2) is 29.1 Å². The highest BCUT2D eigenvalue weighted by Gasteiger charge is 2.09. The number of nitrogens with zero attached hydrogens (tertiary/aromatic N) is 2. The molecular formula is C11H11N3O3. The second kappa shape index (κ2) is 4.65. The van der Waals surface area contributed by atoms with Crippen LogP contribution in [0.1, 0.15) is 21.6 Å². The number of carbonyl (C=O) groups is 1. The molecule has 6 nitrogen and oxygen atoms in total. The molecule has 0 bridgehead atoms. The molecule has 2 aromatic rings. The van der Waals surface area contributed by atoms with Gasteiger partial charge in [-0.2, -0.15) is 4.98 Å². The Balaban J connectivity index is 2.02. The Labute approximate surface area is 97.3 Å². The van der Waals surface area contributed by atoms with Gasteiger partial charge in [0.25, 0.3) is 6.01 Å². The van der Waals surface area contributed by atoms with Crippen molar-refractivity contribution in [3.05, 3.63) is 41.5 Å². The largest absolute Gasteiger partial charge is 0.476 e. The Kier molecular flexibility index (Phi) is 3.04. The van der Waals surface area contributed by atoms with Crippen molar-refractivity contribution in [1.82, 2.24) is 9.97 Å². The number of carboxylic acids is 1. The zero-order valence-corrected chi connectivity index (χ0v) is 9.17. The first-order valence-electron chi connectivity index (χ1n) is 4.99. The van der Waals surface area contributed by atoms with Gasteiger partial charge in [-0.3, -0.25) is 4.98 Å². The highest BCUT2D eigenvalue weighted by atomic mass is 16.4. The van der Waals surface area contributed by atoms with Crippen LogP contribution in [0.25, 0.3) is 0 Å². The van der Waals surface area contributed by atoms with Gasteiger partial charge in [0.2, 0.25) is 0 Å². The summed E-state index contributed by atoms with van der Waals surface area (Å²) in [7, 11) is 0. The number of aromatic nitrogens is 2. The van der Waals surface area contributed by atoms with Crippen molar-refractivity contribution in [2.75, 3.05) is 5.32 Å². The molecular weight excluding hydrogens is 222 g/mol. The first-order valence-corrected chi connectivity index (χ1v) is 4.99. The van der Waals surface area contributed by atoms with E-state index in [1.807, 2.05) is 13.0 Å². The van der Waals surface area contributed by atoms with Crippen molar-refractivity contribution in [2.45, 2.75) is 13.5 Å². The van der Waals surface area contributed by atoms with Crippen LogP contribution in [0.3, 0.4) is 0 Å². The van der Waals surface area contributed by atoms with E-state index in [1.54, 1.807) is 12.4 Å². The Morgan fingerprint density at radius 3 is 3.06 bits per heavy atom. The lowest BCUT2D eigenvalue weighted by Gasteiger charge is -2.04. The SMILES string of the molecule is Cc1cnccc1CNc1nc(C(=O)O)co1. The first kappa shape index (κ1) is 11.1. The molecule has 2 heterocycles. The topological polar surface area (TPSA) is 88.2 Å². The summed E-state index contributed by atoms with van der Waals surface area (Å²) < 4.78 is 4.97. The van der Waals surface area contributed by atoms with Gasteiger partial charge >= 0.3 is 5.97 Å². The summed E-state index contributed by atoms with van der Waals surface area (Å²) in [4.78, 5) is 18.3. The van der Waals surface area contributed by atoms with E-state index < -0.39 is 5.97 Å². The van der Waals surface area contributed by atoms with Crippen LogP contribution in [0.4, 0.5) is 6.01 Å². The van der Waals surface area contributed by atoms with Gasteiger partial charge in [-0.25, -0.2) is 4.79 Å². The molecule has 0 aliphatic rings. The number of anilines is 1. The van der Waals surface area contributed by atoms with Crippen LogP contribution >= 0.6 is 0 Å². The second-order valence-electron chi connectivity index (χ2n) is 3.50. The zero-order chi connectivity index (χ0) is 12.3. The van der Waals surface area contributed by atoms with E-state index in [0.29, 0.717) is 6.54 Å². The minimum atomic E-state index is -1.11. The van der Waals surface area contributed by atoms with E-state index in [2.05, 4.69) is 15.3 Å². The molecule has 0 aliphatic heterocycles. The summed E-state index contributed by atoms with van der Waals surface area (Å²) >= 11 is 0. The molecule has 0 spiro atoms. The average Bonchev–Trinajstić information content (AvgIpc) is 2.77. The van der Waals surface area contributed by atoms with Crippen molar-refractivity contribution in [1.29, 1.82) is 0 Å². The lowest BCUT2D eigenvalue weighted by molar-refractivity contribution is 0.0690. The van der Waals surface area contributed by atoms with Crippen LogP contribution in [-0.2, 0) is 6.54 Å². The number of hydrogen-bond acceptors (Lipinski definition) is 5. The van der Waals surface area contributed by atoms with Gasteiger partial charge in [-0.1, -0.05) is 0 Å². The van der Waals surface area contributed by atoms with Crippen LogP contribution in [0.2, 0.25) is 0 Å². The number of nitrogens with one attached hydrogen (secondary N) is 1. The van der Waals surface area contributed by atoms with Crippen molar-refractivity contribution in [3.8, 4) is 0 Å². The molecule has 0 atom stereocenters. The molecule has 17 heavy (non-hydrogen) atoms. The number of oxazole rings is 1. The minimum Gasteiger partial charge on any atom is -0.476 e. The summed E-state index contributed by atoms with van der Waals surface area (Å²) in [5, 5.41) is 11.6. The Morgan fingerprint density at radius 1 is 1.59 bits per heavy atom. The Hall–Kier alpha value is -2.37. The minimum absolute atomic E-state index is 0.112. The van der Waals surface area contributed by atoms with E-state index >= 15 is 0 Å². The normalized spacial score (nSPS) is 10.2. The summed E-state index contributed by atoms with van der Waals surface area (Å²) in [6.07, 6.45) is 4.56. The molecule has 0 unspecified atom stereocenters. The van der Waals surface area contributed by atoms with Gasteiger partial charge in [0.15, 0.2) is 5.69 Å². The summed E-state index contributed by atoms with van der Waals surface area (Å²) in [5.41, 5.74) is 1.99. The van der Waals surface area contributed by atoms with Gasteiger partial charge in [-0.05, 0) is 24.1 Å². The van der Waals surface area contributed by atoms with Gasteiger partial charge in [0.1, 0.15) is 6.26 Å². The maximum Gasteiger partial charge on any atom is 0.357 e. The van der Waals surface area contributed by atoms with E-state index in [9.17, 15) is 4.79 Å². The molecule has 0 amide bonds. The predicted molar refractivity (Wildman–Crippen MR) is 59.8 cm³/mol. The van der Waals surface area contributed by atoms with Gasteiger partial charge in [0.05, 0.1) is 0 Å². The zero-order valence-electron chi connectivity index (χ0n) is 9.17. The van der Waals surface area contributed by atoms with Crippen LogP contribution < -0.4 is 5.32 Å². The molecule has 0 aliphatic carbocycles. The van der Waals surface area contributed by atoms with Crippen molar-refractivity contribution >= 4 is 12.0 Å². The number of carboxylic acid groups (broad SMARTS) is 1. The highest BCUT2D eigenvalue weighted by molar-refractivity contribution is 5.85. The number of aromatic carboxylic acids is 1. The maximum atomic E-state index is 10.6. The third kappa shape index (κ3) is 2.60. The van der Waals surface area contributed by atoms with E-state index in [4.69, 9.17) is 9.52 Å². The first-order chi connectivity index (χ1) is 8.16. The standard InChI is InChI=1S/C11H11N3O3/c1-7-4-12-3-2-8(7)5-13-11-14-9(6-17-11)10(15)16/h2-4,6H,5H2,1H3,(H,13,14)(H,15,16). The summed E-state index contributed by atoms with van der Waals surface area (Å²) in [6.45, 7) is 2.45. The summed E-state index contributed by atoms with van der Waals surface area (Å²) in [5.74, 6) is -1.11. The summed E-state index contributed by atoms with van der Waals surface area (Å²) in [6, 6.07) is 2.07. The molecule has 0 fully saturated rings. The Bertz CT molecular complexity index is 536. The molecule has 88 valence electrons. The molecule has 2 N–H and O–H groups in total. The van der Waals surface area contributed by atoms with Gasteiger partial charge < -0.3 is 14.8 Å². The molecule has 0 saturated heterocycles. The predicted octanol–water partition coefficient (Wildman–Crippen LogP) is 1.69.